The number of ether oxygens (including phenoxy) is 1. The van der Waals surface area contributed by atoms with Crippen molar-refractivity contribution in [3.05, 3.63) is 94.2 Å². The molecule has 8 nitrogen and oxygen atoms in total. The third-order valence-electron chi connectivity index (χ3n) is 5.49. The Morgan fingerprint density at radius 3 is 2.27 bits per heavy atom. The number of aromatic carboxylic acids is 1. The Bertz CT molecular complexity index is 1320. The molecule has 1 aliphatic rings. The summed E-state index contributed by atoms with van der Waals surface area (Å²) in [4.78, 5) is 28.6. The SMILES string of the molecule is O=C(Nc1c(C(=O)O)cnn1-c1ccc(Br)cn1)OCC1c2ccccc2-c2ccccc21. The Kier molecular flexibility index (Phi) is 5.39. The van der Waals surface area contributed by atoms with Crippen LogP contribution in [0.2, 0.25) is 0 Å². The van der Waals surface area contributed by atoms with Crippen LogP contribution in [0, 0.1) is 0 Å². The number of carboxylic acid groups (broad SMARTS) is 1. The minimum atomic E-state index is -1.23. The number of hydrogen-bond acceptors (Lipinski definition) is 5. The van der Waals surface area contributed by atoms with Crippen LogP contribution >= 0.6 is 15.9 Å². The predicted molar refractivity (Wildman–Crippen MR) is 125 cm³/mol. The minimum Gasteiger partial charge on any atom is -0.477 e. The van der Waals surface area contributed by atoms with E-state index in [1.807, 2.05) is 36.4 Å². The molecular weight excluding hydrogens is 488 g/mol. The first-order valence-electron chi connectivity index (χ1n) is 10.1. The smallest absolute Gasteiger partial charge is 0.412 e. The zero-order valence-electron chi connectivity index (χ0n) is 17.1. The van der Waals surface area contributed by atoms with Gasteiger partial charge in [-0.05, 0) is 50.3 Å². The molecule has 9 heteroatoms. The van der Waals surface area contributed by atoms with Crippen LogP contribution in [0.1, 0.15) is 27.4 Å². The second kappa shape index (κ2) is 8.51. The lowest BCUT2D eigenvalue weighted by Gasteiger charge is -2.15. The summed E-state index contributed by atoms with van der Waals surface area (Å²) in [5.74, 6) is -1.03. The lowest BCUT2D eigenvalue weighted by Crippen LogP contribution is -2.21. The maximum Gasteiger partial charge on any atom is 0.412 e. The van der Waals surface area contributed by atoms with Crippen molar-refractivity contribution >= 4 is 33.8 Å². The number of nitrogens with zero attached hydrogens (tertiary/aromatic N) is 3. The molecule has 5 rings (SSSR count). The summed E-state index contributed by atoms with van der Waals surface area (Å²) < 4.78 is 7.55. The van der Waals surface area contributed by atoms with Gasteiger partial charge in [-0.3, -0.25) is 5.32 Å². The quantitative estimate of drug-likeness (QED) is 0.392. The standard InChI is InChI=1S/C24H17BrN4O4/c25-14-9-10-21(26-11-14)29-22(19(12-27-29)23(30)31)28-24(32)33-13-20-17-7-3-1-5-15(17)16-6-2-4-8-18(16)20/h1-12,20H,13H2,(H,28,32)(H,30,31). The fourth-order valence-electron chi connectivity index (χ4n) is 4.02. The van der Waals surface area contributed by atoms with E-state index < -0.39 is 12.1 Å². The Labute approximate surface area is 197 Å². The molecule has 0 unspecified atom stereocenters. The number of hydrogen-bond donors (Lipinski definition) is 2. The molecular formula is C24H17BrN4O4. The number of amides is 1. The lowest BCUT2D eigenvalue weighted by atomic mass is 9.98. The molecule has 0 aliphatic heterocycles. The molecule has 33 heavy (non-hydrogen) atoms. The van der Waals surface area contributed by atoms with Crippen LogP contribution in [0.4, 0.5) is 10.6 Å². The summed E-state index contributed by atoms with van der Waals surface area (Å²) in [6.45, 7) is 0.104. The number of halogens is 1. The van der Waals surface area contributed by atoms with E-state index in [9.17, 15) is 14.7 Å². The third kappa shape index (κ3) is 3.87. The topological polar surface area (TPSA) is 106 Å². The fourth-order valence-corrected chi connectivity index (χ4v) is 4.26. The van der Waals surface area contributed by atoms with Gasteiger partial charge < -0.3 is 9.84 Å². The van der Waals surface area contributed by atoms with E-state index in [2.05, 4.69) is 43.5 Å². The molecule has 0 spiro atoms. The van der Waals surface area contributed by atoms with Crippen molar-refractivity contribution in [3.8, 4) is 16.9 Å². The van der Waals surface area contributed by atoms with Crippen molar-refractivity contribution in [1.29, 1.82) is 0 Å². The first kappa shape index (κ1) is 20.9. The summed E-state index contributed by atoms with van der Waals surface area (Å²) in [5.41, 5.74) is 4.24. The number of rotatable bonds is 5. The molecule has 0 fully saturated rings. The highest BCUT2D eigenvalue weighted by molar-refractivity contribution is 9.10. The third-order valence-corrected chi connectivity index (χ3v) is 5.96. The van der Waals surface area contributed by atoms with Crippen molar-refractivity contribution in [2.75, 3.05) is 11.9 Å². The van der Waals surface area contributed by atoms with Gasteiger partial charge in [-0.15, -0.1) is 0 Å². The maximum atomic E-state index is 12.7. The van der Waals surface area contributed by atoms with Gasteiger partial charge in [0.1, 0.15) is 12.2 Å². The monoisotopic (exact) mass is 504 g/mol. The van der Waals surface area contributed by atoms with E-state index >= 15 is 0 Å². The fraction of sp³-hybridized carbons (Fsp3) is 0.0833. The number of carboxylic acids is 1. The van der Waals surface area contributed by atoms with E-state index in [1.165, 1.54) is 4.68 Å². The summed E-state index contributed by atoms with van der Waals surface area (Å²) in [7, 11) is 0. The van der Waals surface area contributed by atoms with Crippen LogP contribution in [-0.2, 0) is 4.74 Å². The van der Waals surface area contributed by atoms with Crippen molar-refractivity contribution in [3.63, 3.8) is 0 Å². The Balaban J connectivity index is 1.38. The van der Waals surface area contributed by atoms with Crippen LogP contribution in [0.3, 0.4) is 0 Å². The highest BCUT2D eigenvalue weighted by atomic mass is 79.9. The summed E-state index contributed by atoms with van der Waals surface area (Å²) in [6.07, 6.45) is 1.93. The van der Waals surface area contributed by atoms with Crippen LogP contribution in [0.25, 0.3) is 16.9 Å². The average Bonchev–Trinajstić information content (AvgIpc) is 3.38. The van der Waals surface area contributed by atoms with Crippen LogP contribution in [0.15, 0.2) is 77.5 Å². The highest BCUT2D eigenvalue weighted by Crippen LogP contribution is 2.44. The second-order valence-corrected chi connectivity index (χ2v) is 8.32. The molecule has 0 bridgehead atoms. The molecule has 2 N–H and O–H groups in total. The molecule has 164 valence electrons. The first-order chi connectivity index (χ1) is 16.0. The zero-order valence-corrected chi connectivity index (χ0v) is 18.7. The molecule has 2 heterocycles. The Hall–Kier alpha value is -3.98. The van der Waals surface area contributed by atoms with Crippen molar-refractivity contribution in [2.45, 2.75) is 5.92 Å². The van der Waals surface area contributed by atoms with Gasteiger partial charge >= 0.3 is 12.1 Å². The van der Waals surface area contributed by atoms with Gasteiger partial charge in [-0.1, -0.05) is 48.5 Å². The number of nitrogens with one attached hydrogen (secondary N) is 1. The molecule has 0 saturated heterocycles. The van der Waals surface area contributed by atoms with Gasteiger partial charge in [0.2, 0.25) is 0 Å². The van der Waals surface area contributed by atoms with E-state index in [-0.39, 0.29) is 23.9 Å². The van der Waals surface area contributed by atoms with E-state index in [4.69, 9.17) is 4.74 Å². The molecule has 0 saturated carbocycles. The van der Waals surface area contributed by atoms with Crippen molar-refractivity contribution in [2.24, 2.45) is 0 Å². The normalized spacial score (nSPS) is 12.2. The number of benzene rings is 2. The number of pyridine rings is 1. The Morgan fingerprint density at radius 1 is 1.00 bits per heavy atom. The number of carbonyl (C=O) groups excluding carboxylic acids is 1. The molecule has 0 radical (unpaired) electrons. The number of fused-ring (bicyclic) bond motifs is 3. The van der Waals surface area contributed by atoms with Crippen LogP contribution in [0.5, 0.6) is 0 Å². The summed E-state index contributed by atoms with van der Waals surface area (Å²) in [5, 5.41) is 16.1. The number of anilines is 1. The number of aromatic nitrogens is 3. The largest absolute Gasteiger partial charge is 0.477 e. The lowest BCUT2D eigenvalue weighted by molar-refractivity contribution is 0.0698. The number of carbonyl (C=O) groups is 2. The molecule has 1 aliphatic carbocycles. The first-order valence-corrected chi connectivity index (χ1v) is 10.9. The van der Waals surface area contributed by atoms with Gasteiger partial charge in [0.05, 0.1) is 6.20 Å². The van der Waals surface area contributed by atoms with Crippen LogP contribution < -0.4 is 5.32 Å². The van der Waals surface area contributed by atoms with E-state index in [1.54, 1.807) is 18.3 Å². The molecule has 0 atom stereocenters. The van der Waals surface area contributed by atoms with E-state index in [0.29, 0.717) is 5.82 Å². The summed E-state index contributed by atoms with van der Waals surface area (Å²) in [6, 6.07) is 19.4. The molecule has 4 aromatic rings. The van der Waals surface area contributed by atoms with Gasteiger partial charge in [-0.25, -0.2) is 14.6 Å². The second-order valence-electron chi connectivity index (χ2n) is 7.41. The maximum absolute atomic E-state index is 12.7. The summed E-state index contributed by atoms with van der Waals surface area (Å²) >= 11 is 3.31. The van der Waals surface area contributed by atoms with Crippen molar-refractivity contribution < 1.29 is 19.4 Å². The zero-order chi connectivity index (χ0) is 22.9. The van der Waals surface area contributed by atoms with Crippen LogP contribution in [-0.4, -0.2) is 38.5 Å². The van der Waals surface area contributed by atoms with Gasteiger partial charge in [-0.2, -0.15) is 9.78 Å². The van der Waals surface area contributed by atoms with Crippen molar-refractivity contribution in [1.82, 2.24) is 14.8 Å². The van der Waals surface area contributed by atoms with Gasteiger partial charge in [0, 0.05) is 16.6 Å². The highest BCUT2D eigenvalue weighted by Gasteiger charge is 2.29. The van der Waals surface area contributed by atoms with E-state index in [0.717, 1.165) is 32.9 Å². The molecule has 2 aromatic heterocycles. The molecule has 2 aromatic carbocycles. The minimum absolute atomic E-state index is 0.0328. The van der Waals surface area contributed by atoms with Gasteiger partial charge in [0.25, 0.3) is 0 Å². The predicted octanol–water partition coefficient (Wildman–Crippen LogP) is 5.09. The Morgan fingerprint density at radius 2 is 1.67 bits per heavy atom. The molecule has 1 amide bonds. The average molecular weight is 505 g/mol. The van der Waals surface area contributed by atoms with Gasteiger partial charge in [0.15, 0.2) is 11.6 Å².